The van der Waals surface area contributed by atoms with E-state index in [0.29, 0.717) is 19.1 Å². The standard InChI is InChI=1S/C10H17ClO2/c1-9(8-11)4-3-5-10(2)12-6-7-13-10/h4H,3,5-8H2,1-2H3/b9-4+. The van der Waals surface area contributed by atoms with Gasteiger partial charge in [-0.25, -0.2) is 0 Å². The number of hydrogen-bond donors (Lipinski definition) is 0. The van der Waals surface area contributed by atoms with Crippen LogP contribution in [0.3, 0.4) is 0 Å². The Labute approximate surface area is 84.9 Å². The van der Waals surface area contributed by atoms with Crippen LogP contribution in [0.4, 0.5) is 0 Å². The van der Waals surface area contributed by atoms with Gasteiger partial charge >= 0.3 is 0 Å². The van der Waals surface area contributed by atoms with Crippen molar-refractivity contribution in [1.82, 2.24) is 0 Å². The van der Waals surface area contributed by atoms with Crippen molar-refractivity contribution in [2.45, 2.75) is 32.5 Å². The molecule has 76 valence electrons. The minimum atomic E-state index is -0.358. The van der Waals surface area contributed by atoms with Gasteiger partial charge in [0.2, 0.25) is 0 Å². The monoisotopic (exact) mass is 204 g/mol. The highest BCUT2D eigenvalue weighted by atomic mass is 35.5. The molecule has 0 aromatic rings. The highest BCUT2D eigenvalue weighted by Crippen LogP contribution is 2.24. The summed E-state index contributed by atoms with van der Waals surface area (Å²) in [5.74, 6) is 0.252. The van der Waals surface area contributed by atoms with E-state index in [0.717, 1.165) is 12.8 Å². The summed E-state index contributed by atoms with van der Waals surface area (Å²) >= 11 is 5.65. The van der Waals surface area contributed by atoms with Gasteiger partial charge in [-0.1, -0.05) is 11.6 Å². The van der Waals surface area contributed by atoms with Crippen LogP contribution in [0, 0.1) is 0 Å². The van der Waals surface area contributed by atoms with Gasteiger partial charge in [-0.15, -0.1) is 11.6 Å². The normalized spacial score (nSPS) is 22.2. The quantitative estimate of drug-likeness (QED) is 0.518. The van der Waals surface area contributed by atoms with Crippen LogP contribution < -0.4 is 0 Å². The third-order valence-corrected chi connectivity index (χ3v) is 2.62. The molecule has 1 saturated heterocycles. The molecule has 0 amide bonds. The SMILES string of the molecule is C/C(=C\CCC1(C)OCCO1)CCl. The largest absolute Gasteiger partial charge is 0.348 e. The van der Waals surface area contributed by atoms with Crippen molar-refractivity contribution in [2.24, 2.45) is 0 Å². The molecule has 0 saturated carbocycles. The molecule has 2 nitrogen and oxygen atoms in total. The maximum atomic E-state index is 5.65. The minimum absolute atomic E-state index is 0.358. The minimum Gasteiger partial charge on any atom is -0.348 e. The van der Waals surface area contributed by atoms with Gasteiger partial charge in [-0.2, -0.15) is 0 Å². The second kappa shape index (κ2) is 4.99. The molecule has 0 aromatic carbocycles. The van der Waals surface area contributed by atoms with Gasteiger partial charge in [-0.05, 0) is 20.3 Å². The second-order valence-electron chi connectivity index (χ2n) is 3.55. The van der Waals surface area contributed by atoms with Crippen LogP contribution in [0.5, 0.6) is 0 Å². The zero-order valence-corrected chi connectivity index (χ0v) is 9.06. The van der Waals surface area contributed by atoms with E-state index >= 15 is 0 Å². The zero-order chi connectivity index (χ0) is 9.73. The Kier molecular flexibility index (Phi) is 4.23. The first-order valence-corrected chi connectivity index (χ1v) is 5.19. The smallest absolute Gasteiger partial charge is 0.166 e. The van der Waals surface area contributed by atoms with Gasteiger partial charge in [0.1, 0.15) is 0 Å². The van der Waals surface area contributed by atoms with E-state index in [1.54, 1.807) is 0 Å². The van der Waals surface area contributed by atoms with Crippen molar-refractivity contribution in [2.75, 3.05) is 19.1 Å². The maximum absolute atomic E-state index is 5.65. The Bertz CT molecular complexity index is 183. The lowest BCUT2D eigenvalue weighted by Crippen LogP contribution is -2.24. The number of ether oxygens (including phenoxy) is 2. The molecule has 0 bridgehead atoms. The zero-order valence-electron chi connectivity index (χ0n) is 8.31. The fourth-order valence-electron chi connectivity index (χ4n) is 1.34. The number of alkyl halides is 1. The number of allylic oxidation sites excluding steroid dienone is 2. The van der Waals surface area contributed by atoms with Crippen molar-refractivity contribution < 1.29 is 9.47 Å². The Morgan fingerprint density at radius 3 is 2.62 bits per heavy atom. The Morgan fingerprint density at radius 2 is 2.08 bits per heavy atom. The average Bonchev–Trinajstić information content (AvgIpc) is 2.52. The molecule has 0 atom stereocenters. The van der Waals surface area contributed by atoms with Crippen LogP contribution in [0.25, 0.3) is 0 Å². The molecular weight excluding hydrogens is 188 g/mol. The molecule has 13 heavy (non-hydrogen) atoms. The van der Waals surface area contributed by atoms with Crippen molar-refractivity contribution >= 4 is 11.6 Å². The fourth-order valence-corrected chi connectivity index (χ4v) is 1.45. The molecule has 0 N–H and O–H groups in total. The first-order chi connectivity index (χ1) is 6.16. The third-order valence-electron chi connectivity index (χ3n) is 2.20. The van der Waals surface area contributed by atoms with Crippen molar-refractivity contribution in [3.63, 3.8) is 0 Å². The summed E-state index contributed by atoms with van der Waals surface area (Å²) in [6.45, 7) is 5.46. The van der Waals surface area contributed by atoms with Crippen molar-refractivity contribution in [1.29, 1.82) is 0 Å². The molecule has 1 fully saturated rings. The van der Waals surface area contributed by atoms with E-state index in [-0.39, 0.29) is 5.79 Å². The van der Waals surface area contributed by atoms with E-state index in [1.807, 2.05) is 13.8 Å². The molecule has 0 aromatic heterocycles. The fraction of sp³-hybridized carbons (Fsp3) is 0.800. The Morgan fingerprint density at radius 1 is 1.46 bits per heavy atom. The predicted octanol–water partition coefficient (Wildman–Crippen LogP) is 2.71. The molecule has 1 aliphatic rings. The van der Waals surface area contributed by atoms with Gasteiger partial charge in [0.05, 0.1) is 13.2 Å². The Balaban J connectivity index is 2.25. The lowest BCUT2D eigenvalue weighted by molar-refractivity contribution is -0.145. The van der Waals surface area contributed by atoms with Crippen LogP contribution in [0.15, 0.2) is 11.6 Å². The first-order valence-electron chi connectivity index (χ1n) is 4.66. The average molecular weight is 205 g/mol. The van der Waals surface area contributed by atoms with Crippen LogP contribution >= 0.6 is 11.6 Å². The third kappa shape index (κ3) is 3.67. The van der Waals surface area contributed by atoms with E-state index in [1.165, 1.54) is 5.57 Å². The molecule has 0 spiro atoms. The molecule has 0 radical (unpaired) electrons. The van der Waals surface area contributed by atoms with Gasteiger partial charge in [0.15, 0.2) is 5.79 Å². The molecule has 0 aliphatic carbocycles. The molecule has 1 aliphatic heterocycles. The van der Waals surface area contributed by atoms with Crippen molar-refractivity contribution in [3.8, 4) is 0 Å². The van der Waals surface area contributed by atoms with Gasteiger partial charge in [0.25, 0.3) is 0 Å². The van der Waals surface area contributed by atoms with E-state index in [2.05, 4.69) is 6.08 Å². The molecule has 1 rings (SSSR count). The van der Waals surface area contributed by atoms with Gasteiger partial charge < -0.3 is 9.47 Å². The highest BCUT2D eigenvalue weighted by Gasteiger charge is 2.29. The molecular formula is C10H17ClO2. The number of rotatable bonds is 4. The second-order valence-corrected chi connectivity index (χ2v) is 3.82. The van der Waals surface area contributed by atoms with E-state index in [4.69, 9.17) is 21.1 Å². The number of hydrogen-bond acceptors (Lipinski definition) is 2. The molecule has 3 heteroatoms. The summed E-state index contributed by atoms with van der Waals surface area (Å²) in [7, 11) is 0. The predicted molar refractivity (Wildman–Crippen MR) is 54.0 cm³/mol. The van der Waals surface area contributed by atoms with Crippen LogP contribution in [-0.4, -0.2) is 24.9 Å². The maximum Gasteiger partial charge on any atom is 0.166 e. The summed E-state index contributed by atoms with van der Waals surface area (Å²) in [4.78, 5) is 0. The van der Waals surface area contributed by atoms with Crippen LogP contribution in [-0.2, 0) is 9.47 Å². The van der Waals surface area contributed by atoms with Crippen molar-refractivity contribution in [3.05, 3.63) is 11.6 Å². The Hall–Kier alpha value is -0.0500. The summed E-state index contributed by atoms with van der Waals surface area (Å²) in [5, 5.41) is 0. The van der Waals surface area contributed by atoms with Gasteiger partial charge in [0, 0.05) is 12.3 Å². The van der Waals surface area contributed by atoms with E-state index in [9.17, 15) is 0 Å². The summed E-state index contributed by atoms with van der Waals surface area (Å²) in [6.07, 6.45) is 4.01. The lowest BCUT2D eigenvalue weighted by atomic mass is 10.1. The molecule has 1 heterocycles. The summed E-state index contributed by atoms with van der Waals surface area (Å²) in [5.41, 5.74) is 1.21. The van der Waals surface area contributed by atoms with Crippen LogP contribution in [0.1, 0.15) is 26.7 Å². The highest BCUT2D eigenvalue weighted by molar-refractivity contribution is 6.19. The summed E-state index contributed by atoms with van der Waals surface area (Å²) in [6, 6.07) is 0. The topological polar surface area (TPSA) is 18.5 Å². The first kappa shape index (κ1) is 11.0. The molecule has 0 unspecified atom stereocenters. The number of halogens is 1. The van der Waals surface area contributed by atoms with E-state index < -0.39 is 0 Å². The van der Waals surface area contributed by atoms with Crippen LogP contribution in [0.2, 0.25) is 0 Å². The summed E-state index contributed by atoms with van der Waals surface area (Å²) < 4.78 is 10.9. The lowest BCUT2D eigenvalue weighted by Gasteiger charge is -2.21. The van der Waals surface area contributed by atoms with Gasteiger partial charge in [-0.3, -0.25) is 0 Å².